The molecule has 0 aromatic carbocycles. The van der Waals surface area contributed by atoms with Gasteiger partial charge in [0.2, 0.25) is 0 Å². The van der Waals surface area contributed by atoms with Gasteiger partial charge in [-0.2, -0.15) is 0 Å². The molecule has 0 spiro atoms. The standard InChI is InChI=1S/C10H18N2O2/c1-5-14-10(13)8(7(4)11)9(12)6(2)3/h6,8,11-12H,5H2,1-4H3. The van der Waals surface area contributed by atoms with E-state index in [0.29, 0.717) is 0 Å². The van der Waals surface area contributed by atoms with Crippen LogP contribution in [0, 0.1) is 22.7 Å². The normalized spacial score (nSPS) is 12.4. The lowest BCUT2D eigenvalue weighted by atomic mass is 9.91. The molecule has 0 aromatic heterocycles. The first-order valence-corrected chi connectivity index (χ1v) is 4.71. The van der Waals surface area contributed by atoms with Crippen molar-refractivity contribution in [2.24, 2.45) is 11.8 Å². The van der Waals surface area contributed by atoms with Crippen LogP contribution in [0.2, 0.25) is 0 Å². The molecule has 0 aliphatic rings. The number of ether oxygens (including phenoxy) is 1. The van der Waals surface area contributed by atoms with Crippen molar-refractivity contribution in [1.82, 2.24) is 0 Å². The first kappa shape index (κ1) is 12.8. The number of hydrogen-bond donors (Lipinski definition) is 2. The molecule has 2 N–H and O–H groups in total. The predicted octanol–water partition coefficient (Wildman–Crippen LogP) is 1.88. The number of carbonyl (C=O) groups excluding carboxylic acids is 1. The minimum atomic E-state index is -0.796. The molecule has 0 rings (SSSR count). The number of hydrogen-bond acceptors (Lipinski definition) is 4. The van der Waals surface area contributed by atoms with Gasteiger partial charge in [-0.25, -0.2) is 0 Å². The first-order valence-electron chi connectivity index (χ1n) is 4.71. The zero-order valence-corrected chi connectivity index (χ0v) is 9.18. The minimum absolute atomic E-state index is 0.0373. The third kappa shape index (κ3) is 3.28. The summed E-state index contributed by atoms with van der Waals surface area (Å²) >= 11 is 0. The molecule has 80 valence electrons. The van der Waals surface area contributed by atoms with Crippen molar-refractivity contribution < 1.29 is 9.53 Å². The van der Waals surface area contributed by atoms with E-state index >= 15 is 0 Å². The third-order valence-electron chi connectivity index (χ3n) is 1.89. The van der Waals surface area contributed by atoms with E-state index in [-0.39, 0.29) is 23.9 Å². The molecule has 14 heavy (non-hydrogen) atoms. The van der Waals surface area contributed by atoms with Crippen LogP contribution >= 0.6 is 0 Å². The smallest absolute Gasteiger partial charge is 0.320 e. The maximum atomic E-state index is 11.4. The lowest BCUT2D eigenvalue weighted by molar-refractivity contribution is -0.143. The zero-order valence-electron chi connectivity index (χ0n) is 9.18. The van der Waals surface area contributed by atoms with Crippen LogP contribution < -0.4 is 0 Å². The number of esters is 1. The van der Waals surface area contributed by atoms with Crippen LogP contribution in [0.3, 0.4) is 0 Å². The lowest BCUT2D eigenvalue weighted by Crippen LogP contribution is -2.33. The number of rotatable bonds is 5. The summed E-state index contributed by atoms with van der Waals surface area (Å²) in [6.07, 6.45) is 0. The summed E-state index contributed by atoms with van der Waals surface area (Å²) in [5, 5.41) is 15.1. The molecule has 1 atom stereocenters. The molecule has 0 bridgehead atoms. The average molecular weight is 198 g/mol. The van der Waals surface area contributed by atoms with Crippen LogP contribution in [-0.4, -0.2) is 24.0 Å². The van der Waals surface area contributed by atoms with E-state index in [9.17, 15) is 4.79 Å². The summed E-state index contributed by atoms with van der Waals surface area (Å²) < 4.78 is 4.82. The van der Waals surface area contributed by atoms with Crippen LogP contribution in [0.25, 0.3) is 0 Å². The number of nitrogens with one attached hydrogen (secondary N) is 2. The molecule has 0 aliphatic heterocycles. The average Bonchev–Trinajstić information content (AvgIpc) is 2.03. The zero-order chi connectivity index (χ0) is 11.3. The van der Waals surface area contributed by atoms with Crippen molar-refractivity contribution in [1.29, 1.82) is 10.8 Å². The Morgan fingerprint density at radius 3 is 2.14 bits per heavy atom. The molecule has 0 fully saturated rings. The predicted molar refractivity (Wildman–Crippen MR) is 56.1 cm³/mol. The van der Waals surface area contributed by atoms with Gasteiger partial charge >= 0.3 is 5.97 Å². The highest BCUT2D eigenvalue weighted by Gasteiger charge is 2.28. The Balaban J connectivity index is 4.69. The van der Waals surface area contributed by atoms with Crippen molar-refractivity contribution in [3.63, 3.8) is 0 Å². The Morgan fingerprint density at radius 1 is 1.36 bits per heavy atom. The monoisotopic (exact) mass is 198 g/mol. The molecule has 4 heteroatoms. The quantitative estimate of drug-likeness (QED) is 0.523. The fourth-order valence-corrected chi connectivity index (χ4v) is 1.10. The van der Waals surface area contributed by atoms with Crippen molar-refractivity contribution in [2.45, 2.75) is 27.7 Å². The Hall–Kier alpha value is -1.19. The Kier molecular flexibility index (Phi) is 5.05. The van der Waals surface area contributed by atoms with Crippen LogP contribution in [0.1, 0.15) is 27.7 Å². The van der Waals surface area contributed by atoms with E-state index in [2.05, 4.69) is 0 Å². The molecule has 0 aromatic rings. The van der Waals surface area contributed by atoms with Gasteiger partial charge in [-0.3, -0.25) is 4.79 Å². The molecule has 0 amide bonds. The van der Waals surface area contributed by atoms with Gasteiger partial charge in [0.05, 0.1) is 6.61 Å². The van der Waals surface area contributed by atoms with E-state index in [0.717, 1.165) is 0 Å². The molecule has 4 nitrogen and oxygen atoms in total. The second-order valence-corrected chi connectivity index (χ2v) is 3.48. The van der Waals surface area contributed by atoms with Gasteiger partial charge in [0.25, 0.3) is 0 Å². The first-order chi connectivity index (χ1) is 6.41. The van der Waals surface area contributed by atoms with E-state index in [1.54, 1.807) is 6.92 Å². The summed E-state index contributed by atoms with van der Waals surface area (Å²) in [4.78, 5) is 11.4. The van der Waals surface area contributed by atoms with Gasteiger partial charge in [0.1, 0.15) is 5.92 Å². The fourth-order valence-electron chi connectivity index (χ4n) is 1.10. The van der Waals surface area contributed by atoms with Crippen LogP contribution in [-0.2, 0) is 9.53 Å². The highest BCUT2D eigenvalue weighted by atomic mass is 16.5. The van der Waals surface area contributed by atoms with Crippen LogP contribution in [0.15, 0.2) is 0 Å². The Bertz CT molecular complexity index is 247. The summed E-state index contributed by atoms with van der Waals surface area (Å²) in [6, 6.07) is 0. The highest BCUT2D eigenvalue weighted by Crippen LogP contribution is 2.11. The molecule has 0 saturated heterocycles. The van der Waals surface area contributed by atoms with Gasteiger partial charge in [-0.1, -0.05) is 13.8 Å². The second-order valence-electron chi connectivity index (χ2n) is 3.48. The van der Waals surface area contributed by atoms with Crippen molar-refractivity contribution in [2.75, 3.05) is 6.61 Å². The maximum absolute atomic E-state index is 11.4. The topological polar surface area (TPSA) is 74.0 Å². The molecule has 0 saturated carbocycles. The summed E-state index contributed by atoms with van der Waals surface area (Å²) in [6.45, 7) is 7.19. The molecular weight excluding hydrogens is 180 g/mol. The highest BCUT2D eigenvalue weighted by molar-refractivity contribution is 6.18. The summed E-state index contributed by atoms with van der Waals surface area (Å²) in [5.41, 5.74) is 0.415. The second kappa shape index (κ2) is 5.52. The van der Waals surface area contributed by atoms with Gasteiger partial charge < -0.3 is 15.6 Å². The van der Waals surface area contributed by atoms with Crippen molar-refractivity contribution in [3.8, 4) is 0 Å². The number of carbonyl (C=O) groups is 1. The van der Waals surface area contributed by atoms with Gasteiger partial charge in [0, 0.05) is 11.4 Å². The fraction of sp³-hybridized carbons (Fsp3) is 0.700. The van der Waals surface area contributed by atoms with Gasteiger partial charge in [0.15, 0.2) is 0 Å². The Morgan fingerprint density at radius 2 is 1.86 bits per heavy atom. The van der Waals surface area contributed by atoms with E-state index in [1.807, 2.05) is 13.8 Å². The lowest BCUT2D eigenvalue weighted by Gasteiger charge is -2.17. The van der Waals surface area contributed by atoms with Crippen molar-refractivity contribution >= 4 is 17.4 Å². The third-order valence-corrected chi connectivity index (χ3v) is 1.89. The molecule has 0 aliphatic carbocycles. The molecular formula is C10H18N2O2. The van der Waals surface area contributed by atoms with Crippen molar-refractivity contribution in [3.05, 3.63) is 0 Å². The summed E-state index contributed by atoms with van der Waals surface area (Å²) in [5.74, 6) is -1.32. The summed E-state index contributed by atoms with van der Waals surface area (Å²) in [7, 11) is 0. The minimum Gasteiger partial charge on any atom is -0.465 e. The van der Waals surface area contributed by atoms with Crippen LogP contribution in [0.4, 0.5) is 0 Å². The van der Waals surface area contributed by atoms with Gasteiger partial charge in [-0.05, 0) is 19.8 Å². The molecule has 1 unspecified atom stereocenters. The molecule has 0 radical (unpaired) electrons. The van der Waals surface area contributed by atoms with E-state index in [4.69, 9.17) is 15.6 Å². The largest absolute Gasteiger partial charge is 0.465 e. The van der Waals surface area contributed by atoms with E-state index in [1.165, 1.54) is 6.92 Å². The van der Waals surface area contributed by atoms with Gasteiger partial charge in [-0.15, -0.1) is 0 Å². The molecule has 0 heterocycles. The SMILES string of the molecule is CCOC(=O)C(C(C)=N)C(=N)C(C)C. The maximum Gasteiger partial charge on any atom is 0.320 e. The van der Waals surface area contributed by atoms with E-state index < -0.39 is 11.9 Å². The Labute approximate surface area is 84.7 Å². The van der Waals surface area contributed by atoms with Crippen LogP contribution in [0.5, 0.6) is 0 Å².